The molecule has 2 aromatic rings. The Labute approximate surface area is 166 Å². The third-order valence-corrected chi connectivity index (χ3v) is 4.99. The molecule has 0 spiro atoms. The van der Waals surface area contributed by atoms with Gasteiger partial charge in [0.2, 0.25) is 0 Å². The number of amides is 1. The SMILES string of the molecule is O=C(COC(=O)CCC(=O)c1ccc2c(c1)OCCO2)NCCc1cccs1. The van der Waals surface area contributed by atoms with Crippen molar-refractivity contribution in [1.29, 1.82) is 0 Å². The molecule has 0 radical (unpaired) electrons. The quantitative estimate of drug-likeness (QED) is 0.511. The highest BCUT2D eigenvalue weighted by Crippen LogP contribution is 2.31. The lowest BCUT2D eigenvalue weighted by Gasteiger charge is -2.18. The summed E-state index contributed by atoms with van der Waals surface area (Å²) in [5.74, 6) is -0.0112. The van der Waals surface area contributed by atoms with Crippen molar-refractivity contribution in [3.8, 4) is 11.5 Å². The fourth-order valence-corrected chi connectivity index (χ4v) is 3.33. The lowest BCUT2D eigenvalue weighted by molar-refractivity contribution is -0.148. The highest BCUT2D eigenvalue weighted by Gasteiger charge is 2.16. The van der Waals surface area contributed by atoms with Crippen molar-refractivity contribution >= 4 is 29.0 Å². The number of fused-ring (bicyclic) bond motifs is 1. The van der Waals surface area contributed by atoms with Gasteiger partial charge in [-0.1, -0.05) is 6.07 Å². The van der Waals surface area contributed by atoms with Gasteiger partial charge in [0.1, 0.15) is 13.2 Å². The Kier molecular flexibility index (Phi) is 7.02. The molecule has 1 N–H and O–H groups in total. The minimum atomic E-state index is -0.584. The van der Waals surface area contributed by atoms with E-state index in [0.29, 0.717) is 36.8 Å². The minimum absolute atomic E-state index is 0.00151. The molecule has 148 valence electrons. The monoisotopic (exact) mass is 403 g/mol. The zero-order valence-corrected chi connectivity index (χ0v) is 16.1. The zero-order chi connectivity index (χ0) is 19.8. The van der Waals surface area contributed by atoms with E-state index in [1.165, 1.54) is 4.88 Å². The van der Waals surface area contributed by atoms with Crippen LogP contribution in [0, 0.1) is 0 Å². The first kappa shape index (κ1) is 19.9. The first-order valence-electron chi connectivity index (χ1n) is 8.99. The van der Waals surface area contributed by atoms with Crippen LogP contribution in [0.4, 0.5) is 0 Å². The van der Waals surface area contributed by atoms with E-state index < -0.39 is 5.97 Å². The van der Waals surface area contributed by atoms with Gasteiger partial charge in [0.05, 0.1) is 6.42 Å². The molecule has 2 heterocycles. The normalized spacial score (nSPS) is 12.3. The van der Waals surface area contributed by atoms with Gasteiger partial charge in [-0.15, -0.1) is 11.3 Å². The second kappa shape index (κ2) is 9.89. The maximum atomic E-state index is 12.2. The molecular weight excluding hydrogens is 382 g/mol. The smallest absolute Gasteiger partial charge is 0.306 e. The maximum Gasteiger partial charge on any atom is 0.306 e. The molecule has 0 saturated carbocycles. The van der Waals surface area contributed by atoms with Crippen LogP contribution in [0.25, 0.3) is 0 Å². The van der Waals surface area contributed by atoms with E-state index in [0.717, 1.165) is 6.42 Å². The first-order valence-corrected chi connectivity index (χ1v) is 9.87. The fraction of sp³-hybridized carbons (Fsp3) is 0.350. The number of hydrogen-bond donors (Lipinski definition) is 1. The summed E-state index contributed by atoms with van der Waals surface area (Å²) < 4.78 is 15.8. The predicted octanol–water partition coefficient (Wildman–Crippen LogP) is 2.38. The number of hydrogen-bond acceptors (Lipinski definition) is 7. The van der Waals surface area contributed by atoms with Crippen LogP contribution in [0.1, 0.15) is 28.1 Å². The molecule has 0 unspecified atom stereocenters. The zero-order valence-electron chi connectivity index (χ0n) is 15.3. The predicted molar refractivity (Wildman–Crippen MR) is 103 cm³/mol. The van der Waals surface area contributed by atoms with Crippen LogP contribution in [0.2, 0.25) is 0 Å². The number of ether oxygens (including phenoxy) is 3. The molecular formula is C20H21NO6S. The van der Waals surface area contributed by atoms with Gasteiger partial charge in [0.25, 0.3) is 5.91 Å². The number of nitrogens with one attached hydrogen (secondary N) is 1. The Morgan fingerprint density at radius 1 is 1.07 bits per heavy atom. The van der Waals surface area contributed by atoms with E-state index in [1.54, 1.807) is 29.5 Å². The van der Waals surface area contributed by atoms with E-state index in [1.807, 2.05) is 17.5 Å². The molecule has 1 amide bonds. The standard InChI is InChI=1S/C20H21NO6S/c22-16(14-3-5-17-18(12-14)26-10-9-25-17)4-6-20(24)27-13-19(23)21-8-7-15-2-1-11-28-15/h1-3,5,11-12H,4,6-10,13H2,(H,21,23). The van der Waals surface area contributed by atoms with E-state index in [2.05, 4.69) is 5.32 Å². The highest BCUT2D eigenvalue weighted by molar-refractivity contribution is 7.09. The first-order chi connectivity index (χ1) is 13.6. The Morgan fingerprint density at radius 2 is 1.89 bits per heavy atom. The number of ketones is 1. The van der Waals surface area contributed by atoms with Gasteiger partial charge in [-0.3, -0.25) is 14.4 Å². The van der Waals surface area contributed by atoms with Crippen molar-refractivity contribution in [3.05, 3.63) is 46.2 Å². The van der Waals surface area contributed by atoms with Gasteiger partial charge < -0.3 is 19.5 Å². The lowest BCUT2D eigenvalue weighted by atomic mass is 10.1. The van der Waals surface area contributed by atoms with Crippen molar-refractivity contribution in [2.75, 3.05) is 26.4 Å². The number of Topliss-reactive ketones (excluding diaryl/α,β-unsaturated/α-hetero) is 1. The molecule has 1 aliphatic heterocycles. The van der Waals surface area contributed by atoms with Crippen LogP contribution in [-0.2, 0) is 20.7 Å². The summed E-state index contributed by atoms with van der Waals surface area (Å²) in [7, 11) is 0. The molecule has 0 fully saturated rings. The van der Waals surface area contributed by atoms with Crippen LogP contribution >= 0.6 is 11.3 Å². The van der Waals surface area contributed by atoms with Crippen molar-refractivity contribution in [2.24, 2.45) is 0 Å². The molecule has 7 nitrogen and oxygen atoms in total. The molecule has 1 aliphatic rings. The Balaban J connectivity index is 1.34. The van der Waals surface area contributed by atoms with E-state index in [4.69, 9.17) is 14.2 Å². The van der Waals surface area contributed by atoms with Gasteiger partial charge in [-0.25, -0.2) is 0 Å². The van der Waals surface area contributed by atoms with Gasteiger partial charge in [-0.2, -0.15) is 0 Å². The maximum absolute atomic E-state index is 12.2. The average Bonchev–Trinajstić information content (AvgIpc) is 3.23. The minimum Gasteiger partial charge on any atom is -0.486 e. The molecule has 0 saturated heterocycles. The lowest BCUT2D eigenvalue weighted by Crippen LogP contribution is -2.30. The van der Waals surface area contributed by atoms with Gasteiger partial charge in [0.15, 0.2) is 23.9 Å². The van der Waals surface area contributed by atoms with Crippen LogP contribution in [-0.4, -0.2) is 44.0 Å². The van der Waals surface area contributed by atoms with Gasteiger partial charge >= 0.3 is 5.97 Å². The number of carbonyl (C=O) groups is 3. The third kappa shape index (κ3) is 5.82. The Hall–Kier alpha value is -2.87. The molecule has 0 aliphatic carbocycles. The number of esters is 1. The van der Waals surface area contributed by atoms with E-state index in [-0.39, 0.29) is 31.1 Å². The fourth-order valence-electron chi connectivity index (χ4n) is 2.63. The van der Waals surface area contributed by atoms with Crippen molar-refractivity contribution in [3.63, 3.8) is 0 Å². The molecule has 28 heavy (non-hydrogen) atoms. The Bertz CT molecular complexity index is 833. The summed E-state index contributed by atoms with van der Waals surface area (Å²) in [5.41, 5.74) is 0.448. The largest absolute Gasteiger partial charge is 0.486 e. The second-order valence-corrected chi connectivity index (χ2v) is 7.15. The summed E-state index contributed by atoms with van der Waals surface area (Å²) in [4.78, 5) is 36.9. The van der Waals surface area contributed by atoms with Gasteiger partial charge in [0, 0.05) is 23.4 Å². The van der Waals surface area contributed by atoms with Gasteiger partial charge in [-0.05, 0) is 36.1 Å². The number of thiophene rings is 1. The molecule has 0 bridgehead atoms. The number of carbonyl (C=O) groups excluding carboxylic acids is 3. The van der Waals surface area contributed by atoms with Crippen LogP contribution in [0.3, 0.4) is 0 Å². The van der Waals surface area contributed by atoms with Crippen molar-refractivity contribution in [2.45, 2.75) is 19.3 Å². The molecule has 3 rings (SSSR count). The number of rotatable bonds is 9. The summed E-state index contributed by atoms with van der Waals surface area (Å²) in [6.07, 6.45) is 0.648. The molecule has 8 heteroatoms. The molecule has 1 aromatic heterocycles. The molecule has 0 atom stereocenters. The van der Waals surface area contributed by atoms with Crippen LogP contribution < -0.4 is 14.8 Å². The summed E-state index contributed by atoms with van der Waals surface area (Å²) >= 11 is 1.62. The van der Waals surface area contributed by atoms with Crippen LogP contribution in [0.15, 0.2) is 35.7 Å². The summed E-state index contributed by atoms with van der Waals surface area (Å²) in [6, 6.07) is 8.89. The molecule has 1 aromatic carbocycles. The topological polar surface area (TPSA) is 90.9 Å². The van der Waals surface area contributed by atoms with Crippen molar-refractivity contribution < 1.29 is 28.6 Å². The number of benzene rings is 1. The summed E-state index contributed by atoms with van der Waals surface area (Å²) in [5, 5.41) is 4.67. The second-order valence-electron chi connectivity index (χ2n) is 6.12. The van der Waals surface area contributed by atoms with E-state index >= 15 is 0 Å². The van der Waals surface area contributed by atoms with Crippen LogP contribution in [0.5, 0.6) is 11.5 Å². The average molecular weight is 403 g/mol. The van der Waals surface area contributed by atoms with E-state index in [9.17, 15) is 14.4 Å². The third-order valence-electron chi connectivity index (χ3n) is 4.06. The van der Waals surface area contributed by atoms with Crippen molar-refractivity contribution in [1.82, 2.24) is 5.32 Å². The highest BCUT2D eigenvalue weighted by atomic mass is 32.1. The summed E-state index contributed by atoms with van der Waals surface area (Å²) in [6.45, 7) is 1.06. The Morgan fingerprint density at radius 3 is 2.68 bits per heavy atom.